The number of carbonyl (C=O) groups is 4. The summed E-state index contributed by atoms with van der Waals surface area (Å²) in [5.74, 6) is -1.21. The van der Waals surface area contributed by atoms with Gasteiger partial charge >= 0.3 is 0 Å². The standard InChI is InChI=1S/C29H47N3O8/c1-3-4-15-37-17-19-39-21-25(33)8-7-16-38-18-20-40-22-27(34)32-26(28(30)35)9-5-6-14-31-29(36)24-12-10-23(2)11-13-24/h10-13,26H,3-9,14-22H2,1-2H3,(H2,30,35)(H,31,36)(H,32,34)/t26-/m0/s1. The normalized spacial score (nSPS) is 11.7. The number of hydrogen-bond donors (Lipinski definition) is 3. The van der Waals surface area contributed by atoms with Gasteiger partial charge < -0.3 is 35.3 Å². The van der Waals surface area contributed by atoms with Crippen LogP contribution in [0.2, 0.25) is 0 Å². The van der Waals surface area contributed by atoms with Crippen LogP contribution in [0.15, 0.2) is 24.3 Å². The van der Waals surface area contributed by atoms with Gasteiger partial charge in [-0.15, -0.1) is 0 Å². The largest absolute Gasteiger partial charge is 0.379 e. The second-order valence-electron chi connectivity index (χ2n) is 9.47. The van der Waals surface area contributed by atoms with Gasteiger partial charge in [0.1, 0.15) is 19.3 Å². The molecule has 4 N–H and O–H groups in total. The third-order valence-electron chi connectivity index (χ3n) is 5.82. The minimum absolute atomic E-state index is 0.0149. The molecule has 11 nitrogen and oxygen atoms in total. The summed E-state index contributed by atoms with van der Waals surface area (Å²) < 4.78 is 21.4. The topological polar surface area (TPSA) is 155 Å². The Morgan fingerprint density at radius 1 is 0.800 bits per heavy atom. The minimum atomic E-state index is -0.810. The van der Waals surface area contributed by atoms with E-state index in [1.165, 1.54) is 0 Å². The second kappa shape index (κ2) is 22.9. The number of rotatable bonds is 25. The summed E-state index contributed by atoms with van der Waals surface area (Å²) in [7, 11) is 0. The van der Waals surface area contributed by atoms with Gasteiger partial charge in [-0.2, -0.15) is 0 Å². The van der Waals surface area contributed by atoms with Crippen molar-refractivity contribution in [2.24, 2.45) is 5.73 Å². The molecule has 0 aromatic heterocycles. The van der Waals surface area contributed by atoms with Gasteiger partial charge in [-0.3, -0.25) is 19.2 Å². The van der Waals surface area contributed by atoms with E-state index in [9.17, 15) is 19.2 Å². The maximum Gasteiger partial charge on any atom is 0.251 e. The van der Waals surface area contributed by atoms with Gasteiger partial charge in [-0.05, 0) is 51.2 Å². The van der Waals surface area contributed by atoms with Crippen molar-refractivity contribution in [1.82, 2.24) is 10.6 Å². The molecule has 1 aromatic carbocycles. The monoisotopic (exact) mass is 565 g/mol. The zero-order chi connectivity index (χ0) is 29.4. The Bertz CT molecular complexity index is 863. The van der Waals surface area contributed by atoms with Crippen molar-refractivity contribution in [2.75, 3.05) is 59.4 Å². The molecule has 0 radical (unpaired) electrons. The molecule has 0 aliphatic rings. The van der Waals surface area contributed by atoms with Crippen molar-refractivity contribution in [3.63, 3.8) is 0 Å². The number of benzene rings is 1. The van der Waals surface area contributed by atoms with Gasteiger partial charge in [-0.25, -0.2) is 0 Å². The maximum absolute atomic E-state index is 12.1. The molecule has 1 aromatic rings. The zero-order valence-corrected chi connectivity index (χ0v) is 24.0. The zero-order valence-electron chi connectivity index (χ0n) is 24.0. The van der Waals surface area contributed by atoms with Crippen molar-refractivity contribution in [3.8, 4) is 0 Å². The molecule has 0 aliphatic carbocycles. The fourth-order valence-corrected chi connectivity index (χ4v) is 3.48. The smallest absolute Gasteiger partial charge is 0.251 e. The van der Waals surface area contributed by atoms with E-state index in [0.717, 1.165) is 18.4 Å². The lowest BCUT2D eigenvalue weighted by atomic mass is 10.1. The highest BCUT2D eigenvalue weighted by atomic mass is 16.5. The molecule has 1 rings (SSSR count). The molecule has 0 aliphatic heterocycles. The first-order valence-corrected chi connectivity index (χ1v) is 14.1. The van der Waals surface area contributed by atoms with E-state index in [4.69, 9.17) is 24.7 Å². The molecule has 0 saturated heterocycles. The van der Waals surface area contributed by atoms with Crippen LogP contribution in [-0.2, 0) is 33.3 Å². The number of amides is 3. The first-order valence-electron chi connectivity index (χ1n) is 14.1. The minimum Gasteiger partial charge on any atom is -0.379 e. The Morgan fingerprint density at radius 3 is 2.08 bits per heavy atom. The highest BCUT2D eigenvalue weighted by Crippen LogP contribution is 2.04. The summed E-state index contributed by atoms with van der Waals surface area (Å²) in [4.78, 5) is 47.7. The predicted molar refractivity (Wildman–Crippen MR) is 151 cm³/mol. The highest BCUT2D eigenvalue weighted by molar-refractivity contribution is 5.94. The maximum atomic E-state index is 12.1. The van der Waals surface area contributed by atoms with Crippen molar-refractivity contribution >= 4 is 23.5 Å². The molecule has 0 spiro atoms. The number of ether oxygens (including phenoxy) is 4. The number of primary amides is 1. The lowest BCUT2D eigenvalue weighted by Gasteiger charge is -2.15. The average Bonchev–Trinajstić information content (AvgIpc) is 2.93. The second-order valence-corrected chi connectivity index (χ2v) is 9.47. The molecule has 0 saturated carbocycles. The lowest BCUT2D eigenvalue weighted by molar-refractivity contribution is -0.131. The van der Waals surface area contributed by atoms with E-state index < -0.39 is 17.9 Å². The number of ketones is 1. The van der Waals surface area contributed by atoms with Gasteiger partial charge in [0.15, 0.2) is 5.78 Å². The number of nitrogens with two attached hydrogens (primary N) is 1. The molecule has 0 bridgehead atoms. The Morgan fingerprint density at radius 2 is 1.43 bits per heavy atom. The van der Waals surface area contributed by atoms with Gasteiger partial charge in [0.2, 0.25) is 11.8 Å². The van der Waals surface area contributed by atoms with Crippen LogP contribution in [0.5, 0.6) is 0 Å². The Balaban J connectivity index is 2.02. The van der Waals surface area contributed by atoms with Gasteiger partial charge in [-0.1, -0.05) is 31.0 Å². The van der Waals surface area contributed by atoms with E-state index in [1.807, 2.05) is 19.1 Å². The summed E-state index contributed by atoms with van der Waals surface area (Å²) in [6.45, 7) is 6.85. The summed E-state index contributed by atoms with van der Waals surface area (Å²) >= 11 is 0. The molecule has 11 heteroatoms. The van der Waals surface area contributed by atoms with Gasteiger partial charge in [0.05, 0.1) is 26.4 Å². The molecule has 1 atom stereocenters. The van der Waals surface area contributed by atoms with Crippen molar-refractivity contribution in [3.05, 3.63) is 35.4 Å². The molecule has 0 heterocycles. The number of unbranched alkanes of at least 4 members (excludes halogenated alkanes) is 2. The SMILES string of the molecule is CCCCOCCOCC(=O)CCCOCCOCC(=O)N[C@@H](CCCCNC(=O)c1ccc(C)cc1)C(N)=O. The summed E-state index contributed by atoms with van der Waals surface area (Å²) in [5.41, 5.74) is 7.09. The Hall–Kier alpha value is -2.86. The average molecular weight is 566 g/mol. The molecule has 226 valence electrons. The van der Waals surface area contributed by atoms with Crippen LogP contribution >= 0.6 is 0 Å². The number of carbonyl (C=O) groups excluding carboxylic acids is 4. The molecule has 3 amide bonds. The Labute approximate surface area is 237 Å². The summed E-state index contributed by atoms with van der Waals surface area (Å²) in [6, 6.07) is 6.48. The van der Waals surface area contributed by atoms with Crippen LogP contribution in [0.25, 0.3) is 0 Å². The third-order valence-corrected chi connectivity index (χ3v) is 5.82. The molecule has 40 heavy (non-hydrogen) atoms. The van der Waals surface area contributed by atoms with Crippen molar-refractivity contribution < 1.29 is 38.1 Å². The number of nitrogens with one attached hydrogen (secondary N) is 2. The van der Waals surface area contributed by atoms with E-state index in [1.54, 1.807) is 12.1 Å². The van der Waals surface area contributed by atoms with E-state index >= 15 is 0 Å². The van der Waals surface area contributed by atoms with E-state index in [-0.39, 0.29) is 38.1 Å². The van der Waals surface area contributed by atoms with Gasteiger partial charge in [0, 0.05) is 31.7 Å². The predicted octanol–water partition coefficient (Wildman–Crippen LogP) is 2.08. The van der Waals surface area contributed by atoms with Crippen LogP contribution in [0, 0.1) is 6.92 Å². The van der Waals surface area contributed by atoms with Crippen LogP contribution in [0.3, 0.4) is 0 Å². The number of Topliss-reactive ketones (excluding diaryl/α,β-unsaturated/α-hetero) is 1. The lowest BCUT2D eigenvalue weighted by Crippen LogP contribution is -2.45. The highest BCUT2D eigenvalue weighted by Gasteiger charge is 2.17. The summed E-state index contributed by atoms with van der Waals surface area (Å²) in [5, 5.41) is 5.42. The van der Waals surface area contributed by atoms with E-state index in [2.05, 4.69) is 17.6 Å². The number of aryl methyl sites for hydroxylation is 1. The third kappa shape index (κ3) is 18.4. The van der Waals surface area contributed by atoms with Crippen LogP contribution in [0.4, 0.5) is 0 Å². The molecular formula is C29H47N3O8. The Kier molecular flexibility index (Phi) is 20.1. The fraction of sp³-hybridized carbons (Fsp3) is 0.655. The van der Waals surface area contributed by atoms with Crippen LogP contribution in [-0.4, -0.2) is 88.9 Å². The first-order chi connectivity index (χ1) is 19.3. The van der Waals surface area contributed by atoms with Crippen LogP contribution < -0.4 is 16.4 Å². The van der Waals surface area contributed by atoms with Crippen LogP contribution in [0.1, 0.15) is 67.8 Å². The van der Waals surface area contributed by atoms with Gasteiger partial charge in [0.25, 0.3) is 5.91 Å². The summed E-state index contributed by atoms with van der Waals surface area (Å²) in [6.07, 6.45) is 4.64. The van der Waals surface area contributed by atoms with Crippen molar-refractivity contribution in [1.29, 1.82) is 0 Å². The van der Waals surface area contributed by atoms with Crippen molar-refractivity contribution in [2.45, 2.75) is 64.8 Å². The number of hydrogen-bond acceptors (Lipinski definition) is 8. The molecule has 0 fully saturated rings. The molecular weight excluding hydrogens is 518 g/mol. The quantitative estimate of drug-likeness (QED) is 0.152. The van der Waals surface area contributed by atoms with E-state index in [0.29, 0.717) is 70.6 Å². The molecule has 0 unspecified atom stereocenters. The first kappa shape index (κ1) is 35.2. The fourth-order valence-electron chi connectivity index (χ4n) is 3.48.